The number of ether oxygens (including phenoxy) is 3. The van der Waals surface area contributed by atoms with Crippen LogP contribution in [0.1, 0.15) is 40.0 Å². The molecule has 1 amide bonds. The van der Waals surface area contributed by atoms with Crippen LogP contribution < -0.4 is 9.64 Å². The molecule has 3 heterocycles. The number of fused-ring (bicyclic) bond motifs is 2. The van der Waals surface area contributed by atoms with E-state index in [1.807, 2.05) is 69.1 Å². The topological polar surface area (TPSA) is 77.0 Å². The Kier molecular flexibility index (Phi) is 6.93. The number of benzene rings is 1. The Hall–Kier alpha value is -2.94. The molecule has 2 aliphatic heterocycles. The summed E-state index contributed by atoms with van der Waals surface area (Å²) in [6.45, 7) is 5.60. The van der Waals surface area contributed by atoms with E-state index in [2.05, 4.69) is 10.2 Å². The summed E-state index contributed by atoms with van der Waals surface area (Å²) in [5.41, 5.74) is 0.842. The van der Waals surface area contributed by atoms with Crippen LogP contribution in [0.2, 0.25) is 0 Å². The highest BCUT2D eigenvalue weighted by molar-refractivity contribution is 5.70. The van der Waals surface area contributed by atoms with Crippen LogP contribution in [0.25, 0.3) is 11.3 Å². The fourth-order valence-corrected chi connectivity index (χ4v) is 4.85. The van der Waals surface area contributed by atoms with Gasteiger partial charge in [0.2, 0.25) is 0 Å². The third kappa shape index (κ3) is 4.94. The summed E-state index contributed by atoms with van der Waals surface area (Å²) in [6, 6.07) is 10.3. The molecule has 0 radical (unpaired) electrons. The minimum Gasteiger partial charge on any atom is -0.467 e. The molecule has 2 bridgehead atoms. The van der Waals surface area contributed by atoms with E-state index in [9.17, 15) is 4.79 Å². The van der Waals surface area contributed by atoms with Crippen LogP contribution in [-0.4, -0.2) is 72.0 Å². The zero-order valence-corrected chi connectivity index (χ0v) is 20.4. The van der Waals surface area contributed by atoms with Gasteiger partial charge >= 0.3 is 6.09 Å². The molecule has 4 atom stereocenters. The molecule has 0 aliphatic carbocycles. The molecule has 1 aromatic carbocycles. The predicted molar refractivity (Wildman–Crippen MR) is 127 cm³/mol. The summed E-state index contributed by atoms with van der Waals surface area (Å²) in [4.78, 5) is 16.2. The molecule has 2 saturated heterocycles. The molecule has 34 heavy (non-hydrogen) atoms. The Labute approximate surface area is 200 Å². The standard InChI is InChI=1S/C25H33FN4O4/c1-25(2,3)34-24(31)30-16-10-12-19(30)23(26)20(14-16)29(4)22-13-11-18(27-28-22)17-8-6-7-9-21(17)33-15-32-5/h6-9,11,13,16,19-20,23H,10,12,14-15H2,1-5H3/t16-,19+,20-,23+/m0/s1. The first kappa shape index (κ1) is 24.2. The monoisotopic (exact) mass is 472 g/mol. The minimum atomic E-state index is -1.21. The van der Waals surface area contributed by atoms with Crippen molar-refractivity contribution in [3.8, 4) is 17.0 Å². The van der Waals surface area contributed by atoms with Gasteiger partial charge in [0, 0.05) is 25.8 Å². The van der Waals surface area contributed by atoms with Crippen LogP contribution in [0.4, 0.5) is 15.0 Å². The highest BCUT2D eigenvalue weighted by Gasteiger charge is 2.52. The van der Waals surface area contributed by atoms with Gasteiger partial charge in [0.05, 0.1) is 17.8 Å². The van der Waals surface area contributed by atoms with Crippen molar-refractivity contribution in [2.24, 2.45) is 0 Å². The summed E-state index contributed by atoms with van der Waals surface area (Å²) in [5, 5.41) is 8.75. The number of hydrogen-bond acceptors (Lipinski definition) is 7. The number of carbonyl (C=O) groups is 1. The Morgan fingerprint density at radius 3 is 2.62 bits per heavy atom. The first-order valence-electron chi connectivity index (χ1n) is 11.6. The maximum atomic E-state index is 15.7. The van der Waals surface area contributed by atoms with Crippen molar-refractivity contribution in [3.05, 3.63) is 36.4 Å². The zero-order valence-electron chi connectivity index (χ0n) is 20.4. The van der Waals surface area contributed by atoms with Gasteiger partial charge in [0.15, 0.2) is 12.6 Å². The average molecular weight is 473 g/mol. The average Bonchev–Trinajstić information content (AvgIpc) is 3.16. The minimum absolute atomic E-state index is 0.0451. The Morgan fingerprint density at radius 2 is 1.94 bits per heavy atom. The molecule has 0 saturated carbocycles. The van der Waals surface area contributed by atoms with Crippen LogP contribution in [0, 0.1) is 0 Å². The van der Waals surface area contributed by atoms with E-state index in [0.717, 1.165) is 12.0 Å². The highest BCUT2D eigenvalue weighted by atomic mass is 19.1. The molecule has 0 spiro atoms. The maximum Gasteiger partial charge on any atom is 0.410 e. The number of amides is 1. The number of halogens is 1. The number of carbonyl (C=O) groups excluding carboxylic acids is 1. The van der Waals surface area contributed by atoms with Crippen molar-refractivity contribution in [1.82, 2.24) is 15.1 Å². The first-order chi connectivity index (χ1) is 16.2. The van der Waals surface area contributed by atoms with Crippen LogP contribution in [-0.2, 0) is 9.47 Å². The van der Waals surface area contributed by atoms with E-state index in [1.165, 1.54) is 0 Å². The second kappa shape index (κ2) is 9.74. The third-order valence-corrected chi connectivity index (χ3v) is 6.40. The van der Waals surface area contributed by atoms with Crippen molar-refractivity contribution < 1.29 is 23.4 Å². The summed E-state index contributed by atoms with van der Waals surface area (Å²) in [6.07, 6.45) is 0.295. The van der Waals surface area contributed by atoms with Crippen LogP contribution in [0.15, 0.2) is 36.4 Å². The lowest BCUT2D eigenvalue weighted by molar-refractivity contribution is -0.0104. The summed E-state index contributed by atoms with van der Waals surface area (Å²) in [5.74, 6) is 1.23. The number of piperidine rings is 1. The largest absolute Gasteiger partial charge is 0.467 e. The lowest BCUT2D eigenvalue weighted by Gasteiger charge is -2.44. The fraction of sp³-hybridized carbons (Fsp3) is 0.560. The molecular formula is C25H33FN4O4. The molecule has 9 heteroatoms. The normalized spacial score (nSPS) is 24.1. The van der Waals surface area contributed by atoms with Gasteiger partial charge < -0.3 is 19.1 Å². The lowest BCUT2D eigenvalue weighted by atomic mass is 9.94. The smallest absolute Gasteiger partial charge is 0.410 e. The van der Waals surface area contributed by atoms with Gasteiger partial charge in [-0.3, -0.25) is 4.90 Å². The first-order valence-corrected chi connectivity index (χ1v) is 11.6. The van der Waals surface area contributed by atoms with Gasteiger partial charge in [-0.2, -0.15) is 0 Å². The number of aromatic nitrogens is 2. The van der Waals surface area contributed by atoms with Gasteiger partial charge in [-0.05, 0) is 64.3 Å². The number of anilines is 1. The highest BCUT2D eigenvalue weighted by Crippen LogP contribution is 2.41. The zero-order chi connectivity index (χ0) is 24.5. The van der Waals surface area contributed by atoms with Gasteiger partial charge in [-0.25, -0.2) is 9.18 Å². The molecular weight excluding hydrogens is 439 g/mol. The summed E-state index contributed by atoms with van der Waals surface area (Å²) in [7, 11) is 3.40. The van der Waals surface area contributed by atoms with Gasteiger partial charge in [-0.15, -0.1) is 10.2 Å². The second-order valence-corrected chi connectivity index (χ2v) is 9.87. The SMILES string of the molecule is COCOc1ccccc1-c1ccc(N(C)[C@H]2C[C@@H]3CC[C@H]([C@H]2F)N3C(=O)OC(C)(C)C)nn1. The number of methoxy groups -OCH3 is 1. The quantitative estimate of drug-likeness (QED) is 0.575. The number of rotatable bonds is 6. The van der Waals surface area contributed by atoms with Crippen LogP contribution in [0.5, 0.6) is 5.75 Å². The second-order valence-electron chi connectivity index (χ2n) is 9.87. The molecule has 2 aromatic rings. The Bertz CT molecular complexity index is 997. The van der Waals surface area contributed by atoms with E-state index < -0.39 is 29.9 Å². The number of nitrogens with zero attached hydrogens (tertiary/aromatic N) is 4. The maximum absolute atomic E-state index is 15.7. The van der Waals surface area contributed by atoms with Crippen LogP contribution in [0.3, 0.4) is 0 Å². The third-order valence-electron chi connectivity index (χ3n) is 6.40. The van der Waals surface area contributed by atoms with E-state index in [-0.39, 0.29) is 12.8 Å². The summed E-state index contributed by atoms with van der Waals surface area (Å²) < 4.78 is 31.8. The van der Waals surface area contributed by atoms with E-state index in [1.54, 1.807) is 12.0 Å². The van der Waals surface area contributed by atoms with Crippen molar-refractivity contribution >= 4 is 11.9 Å². The number of alkyl halides is 1. The summed E-state index contributed by atoms with van der Waals surface area (Å²) >= 11 is 0. The fourth-order valence-electron chi connectivity index (χ4n) is 4.85. The van der Waals surface area contributed by atoms with E-state index >= 15 is 4.39 Å². The van der Waals surface area contributed by atoms with Crippen molar-refractivity contribution in [1.29, 1.82) is 0 Å². The number of para-hydroxylation sites is 1. The van der Waals surface area contributed by atoms with Crippen molar-refractivity contribution in [3.63, 3.8) is 0 Å². The molecule has 0 unspecified atom stereocenters. The molecule has 2 fully saturated rings. The van der Waals surface area contributed by atoms with Crippen molar-refractivity contribution in [2.45, 2.75) is 69.9 Å². The number of hydrogen-bond donors (Lipinski definition) is 0. The predicted octanol–water partition coefficient (Wildman–Crippen LogP) is 4.44. The lowest BCUT2D eigenvalue weighted by Crippen LogP contribution is -2.59. The molecule has 1 aromatic heterocycles. The molecule has 0 N–H and O–H groups in total. The van der Waals surface area contributed by atoms with Crippen molar-refractivity contribution in [2.75, 3.05) is 25.9 Å². The van der Waals surface area contributed by atoms with E-state index in [0.29, 0.717) is 30.1 Å². The molecule has 2 aliphatic rings. The molecule has 184 valence electrons. The van der Waals surface area contributed by atoms with Crippen LogP contribution >= 0.6 is 0 Å². The Balaban J connectivity index is 1.48. The van der Waals surface area contributed by atoms with E-state index in [4.69, 9.17) is 14.2 Å². The molecule has 4 rings (SSSR count). The van der Waals surface area contributed by atoms with Gasteiger partial charge in [0.1, 0.15) is 17.5 Å². The van der Waals surface area contributed by atoms with Gasteiger partial charge in [0.25, 0.3) is 0 Å². The Morgan fingerprint density at radius 1 is 1.18 bits per heavy atom. The molecule has 8 nitrogen and oxygen atoms in total. The van der Waals surface area contributed by atoms with Gasteiger partial charge in [-0.1, -0.05) is 12.1 Å².